The summed E-state index contributed by atoms with van der Waals surface area (Å²) in [4.78, 5) is 19.3. The Morgan fingerprint density at radius 2 is 1.77 bits per heavy atom. The smallest absolute Gasteiger partial charge is 0.253 e. The molecule has 0 bridgehead atoms. The van der Waals surface area contributed by atoms with E-state index in [1.165, 1.54) is 12.0 Å². The fourth-order valence-corrected chi connectivity index (χ4v) is 3.79. The number of likely N-dealkylation sites (tertiary alicyclic amines) is 1. The summed E-state index contributed by atoms with van der Waals surface area (Å²) in [6.45, 7) is 9.93. The number of aryl methyl sites for hydroxylation is 2. The van der Waals surface area contributed by atoms with E-state index in [4.69, 9.17) is 4.99 Å². The van der Waals surface area contributed by atoms with E-state index in [-0.39, 0.29) is 29.9 Å². The number of halogens is 1. The summed E-state index contributed by atoms with van der Waals surface area (Å²) >= 11 is 0. The van der Waals surface area contributed by atoms with E-state index in [1.807, 2.05) is 47.8 Å². The van der Waals surface area contributed by atoms with Crippen molar-refractivity contribution in [2.24, 2.45) is 12.0 Å². The van der Waals surface area contributed by atoms with Gasteiger partial charge in [0, 0.05) is 50.0 Å². The lowest BCUT2D eigenvalue weighted by Crippen LogP contribution is -2.37. The summed E-state index contributed by atoms with van der Waals surface area (Å²) in [5.74, 6) is 0.913. The molecule has 1 aliphatic rings. The van der Waals surface area contributed by atoms with Gasteiger partial charge in [-0.15, -0.1) is 24.0 Å². The van der Waals surface area contributed by atoms with Gasteiger partial charge in [-0.25, -0.2) is 4.99 Å². The number of rotatable bonds is 6. The van der Waals surface area contributed by atoms with Crippen LogP contribution in [0.2, 0.25) is 0 Å². The summed E-state index contributed by atoms with van der Waals surface area (Å²) in [6.07, 6.45) is 3.44. The number of benzene rings is 1. The highest BCUT2D eigenvalue weighted by atomic mass is 127. The lowest BCUT2D eigenvalue weighted by molar-refractivity contribution is 0.0724. The molecule has 3 rings (SSSR count). The highest BCUT2D eigenvalue weighted by Gasteiger charge is 2.17. The second-order valence-electron chi connectivity index (χ2n) is 7.87. The average molecular weight is 538 g/mol. The van der Waals surface area contributed by atoms with Crippen molar-refractivity contribution in [1.29, 1.82) is 0 Å². The van der Waals surface area contributed by atoms with Gasteiger partial charge < -0.3 is 15.5 Å². The van der Waals surface area contributed by atoms with Crippen LogP contribution in [0, 0.1) is 13.8 Å². The van der Waals surface area contributed by atoms with E-state index in [2.05, 4.69) is 29.6 Å². The Hall–Kier alpha value is -2.10. The number of carbonyl (C=O) groups excluding carboxylic acids is 1. The number of hydrogen-bond acceptors (Lipinski definition) is 3. The Labute approximate surface area is 202 Å². The standard InChI is InChI=1S/C23H34N6O.HI/c1-5-24-23(26-16-21-17(2)27-28(4)18(21)3)25-15-19-9-11-20(12-10-19)22(30)29-13-7-6-8-14-29;/h9-12H,5-8,13-16H2,1-4H3,(H2,24,25,26);1H. The minimum Gasteiger partial charge on any atom is -0.357 e. The highest BCUT2D eigenvalue weighted by molar-refractivity contribution is 14.0. The molecule has 0 unspecified atom stereocenters. The van der Waals surface area contributed by atoms with Crippen molar-refractivity contribution in [3.8, 4) is 0 Å². The number of nitrogens with one attached hydrogen (secondary N) is 2. The molecule has 2 N–H and O–H groups in total. The van der Waals surface area contributed by atoms with Crippen molar-refractivity contribution < 1.29 is 4.79 Å². The number of amides is 1. The van der Waals surface area contributed by atoms with Gasteiger partial charge in [0.15, 0.2) is 5.96 Å². The van der Waals surface area contributed by atoms with Crippen LogP contribution in [0.5, 0.6) is 0 Å². The van der Waals surface area contributed by atoms with E-state index in [9.17, 15) is 4.79 Å². The topological polar surface area (TPSA) is 74.6 Å². The third-order valence-electron chi connectivity index (χ3n) is 5.70. The predicted octanol–water partition coefficient (Wildman–Crippen LogP) is 3.54. The average Bonchev–Trinajstić information content (AvgIpc) is 3.01. The summed E-state index contributed by atoms with van der Waals surface area (Å²) in [7, 11) is 1.96. The molecule has 0 spiro atoms. The molecule has 0 aliphatic carbocycles. The normalized spacial score (nSPS) is 14.2. The molecule has 1 amide bonds. The second kappa shape index (κ2) is 12.1. The molecule has 0 saturated carbocycles. The van der Waals surface area contributed by atoms with Crippen LogP contribution in [0.1, 0.15) is 59.1 Å². The minimum atomic E-state index is 0. The number of aliphatic imine (C=N–C) groups is 1. The monoisotopic (exact) mass is 538 g/mol. The molecule has 1 aromatic heterocycles. The molecule has 2 heterocycles. The van der Waals surface area contributed by atoms with Gasteiger partial charge in [-0.1, -0.05) is 12.1 Å². The van der Waals surface area contributed by atoms with Gasteiger partial charge >= 0.3 is 0 Å². The zero-order chi connectivity index (χ0) is 21.5. The van der Waals surface area contributed by atoms with Gasteiger partial charge in [0.2, 0.25) is 0 Å². The van der Waals surface area contributed by atoms with Crippen LogP contribution in [0.25, 0.3) is 0 Å². The molecule has 31 heavy (non-hydrogen) atoms. The summed E-state index contributed by atoms with van der Waals surface area (Å²) < 4.78 is 1.91. The Morgan fingerprint density at radius 3 is 2.35 bits per heavy atom. The van der Waals surface area contributed by atoms with Gasteiger partial charge in [-0.05, 0) is 57.7 Å². The molecule has 0 radical (unpaired) electrons. The van der Waals surface area contributed by atoms with Crippen molar-refractivity contribution >= 4 is 35.8 Å². The first-order valence-corrected chi connectivity index (χ1v) is 10.9. The first-order valence-electron chi connectivity index (χ1n) is 10.9. The number of aromatic nitrogens is 2. The number of nitrogens with zero attached hydrogens (tertiary/aromatic N) is 4. The fourth-order valence-electron chi connectivity index (χ4n) is 3.79. The van der Waals surface area contributed by atoms with Gasteiger partial charge in [0.05, 0.1) is 12.2 Å². The second-order valence-corrected chi connectivity index (χ2v) is 7.87. The minimum absolute atomic E-state index is 0. The first-order chi connectivity index (χ1) is 14.5. The van der Waals surface area contributed by atoms with Crippen LogP contribution in [0.4, 0.5) is 0 Å². The zero-order valence-corrected chi connectivity index (χ0v) is 21.4. The number of hydrogen-bond donors (Lipinski definition) is 2. The molecule has 8 heteroatoms. The molecule has 0 atom stereocenters. The maximum Gasteiger partial charge on any atom is 0.253 e. The molecule has 7 nitrogen and oxygen atoms in total. The van der Waals surface area contributed by atoms with Crippen LogP contribution >= 0.6 is 24.0 Å². The maximum atomic E-state index is 12.6. The fraction of sp³-hybridized carbons (Fsp3) is 0.522. The Balaban J connectivity index is 0.00000341. The summed E-state index contributed by atoms with van der Waals surface area (Å²) in [6, 6.07) is 7.84. The van der Waals surface area contributed by atoms with Crippen molar-refractivity contribution in [3.63, 3.8) is 0 Å². The molecule has 1 aromatic carbocycles. The molecule has 2 aromatic rings. The van der Waals surface area contributed by atoms with E-state index in [1.54, 1.807) is 0 Å². The van der Waals surface area contributed by atoms with E-state index in [0.29, 0.717) is 13.1 Å². The van der Waals surface area contributed by atoms with Crippen molar-refractivity contribution in [1.82, 2.24) is 25.3 Å². The van der Waals surface area contributed by atoms with Crippen molar-refractivity contribution in [3.05, 3.63) is 52.3 Å². The molecule has 1 fully saturated rings. The number of piperidine rings is 1. The summed E-state index contributed by atoms with van der Waals surface area (Å²) in [5, 5.41) is 11.2. The lowest BCUT2D eigenvalue weighted by Gasteiger charge is -2.26. The number of guanidine groups is 1. The van der Waals surface area contributed by atoms with Gasteiger partial charge in [-0.2, -0.15) is 5.10 Å². The van der Waals surface area contributed by atoms with Crippen LogP contribution in [-0.4, -0.2) is 46.2 Å². The SMILES string of the molecule is CCNC(=NCc1ccc(C(=O)N2CCCCC2)cc1)NCc1c(C)nn(C)c1C.I. The summed E-state index contributed by atoms with van der Waals surface area (Å²) in [5.41, 5.74) is 5.23. The van der Waals surface area contributed by atoms with Crippen LogP contribution in [-0.2, 0) is 20.1 Å². The Bertz CT molecular complexity index is 884. The van der Waals surface area contributed by atoms with E-state index >= 15 is 0 Å². The Morgan fingerprint density at radius 1 is 1.10 bits per heavy atom. The van der Waals surface area contributed by atoms with Gasteiger partial charge in [0.1, 0.15) is 0 Å². The third kappa shape index (κ3) is 6.69. The molecule has 1 aliphatic heterocycles. The van der Waals surface area contributed by atoms with Crippen LogP contribution in [0.3, 0.4) is 0 Å². The largest absolute Gasteiger partial charge is 0.357 e. The van der Waals surface area contributed by atoms with E-state index < -0.39 is 0 Å². The predicted molar refractivity (Wildman–Crippen MR) is 136 cm³/mol. The maximum absolute atomic E-state index is 12.6. The first kappa shape index (κ1) is 25.2. The highest BCUT2D eigenvalue weighted by Crippen LogP contribution is 2.14. The lowest BCUT2D eigenvalue weighted by atomic mass is 10.1. The van der Waals surface area contributed by atoms with Crippen LogP contribution < -0.4 is 10.6 Å². The van der Waals surface area contributed by atoms with Gasteiger partial charge in [-0.3, -0.25) is 9.48 Å². The van der Waals surface area contributed by atoms with Gasteiger partial charge in [0.25, 0.3) is 5.91 Å². The van der Waals surface area contributed by atoms with Crippen LogP contribution in [0.15, 0.2) is 29.3 Å². The Kier molecular flexibility index (Phi) is 9.80. The zero-order valence-electron chi connectivity index (χ0n) is 19.1. The van der Waals surface area contributed by atoms with Crippen molar-refractivity contribution in [2.75, 3.05) is 19.6 Å². The third-order valence-corrected chi connectivity index (χ3v) is 5.70. The quantitative estimate of drug-likeness (QED) is 0.335. The number of carbonyl (C=O) groups is 1. The molecular weight excluding hydrogens is 503 g/mol. The molecular formula is C23H35IN6O. The van der Waals surface area contributed by atoms with E-state index in [0.717, 1.165) is 61.0 Å². The molecule has 1 saturated heterocycles. The van der Waals surface area contributed by atoms with Crippen molar-refractivity contribution in [2.45, 2.75) is 53.1 Å². The molecule has 170 valence electrons.